The second-order valence-corrected chi connectivity index (χ2v) is 2.25. The van der Waals surface area contributed by atoms with E-state index in [1.54, 1.807) is 19.1 Å². The van der Waals surface area contributed by atoms with Crippen LogP contribution in [-0.2, 0) is 0 Å². The molecule has 0 radical (unpaired) electrons. The molecule has 10 heavy (non-hydrogen) atoms. The fourth-order valence-corrected chi connectivity index (χ4v) is 0.733. The van der Waals surface area contributed by atoms with Crippen molar-refractivity contribution < 1.29 is 0 Å². The van der Waals surface area contributed by atoms with Gasteiger partial charge in [0.05, 0.1) is 0 Å². The Morgan fingerprint density at radius 2 is 1.80 bits per heavy atom. The average molecular weight is 134 g/mol. The van der Waals surface area contributed by atoms with Gasteiger partial charge in [0.2, 0.25) is 0 Å². The molecule has 2 heteroatoms. The van der Waals surface area contributed by atoms with Crippen LogP contribution in [0.5, 0.6) is 0 Å². The first-order valence-corrected chi connectivity index (χ1v) is 3.11. The monoisotopic (exact) mass is 134 g/mol. The summed E-state index contributed by atoms with van der Waals surface area (Å²) in [5, 5.41) is 7.27. The summed E-state index contributed by atoms with van der Waals surface area (Å²) in [5.41, 5.74) is 7.69. The molecular formula is C8H10N2. The van der Waals surface area contributed by atoms with Crippen LogP contribution in [-0.4, -0.2) is 5.71 Å². The first-order chi connectivity index (χ1) is 4.70. The predicted octanol–water partition coefficient (Wildman–Crippen LogP) is 1.66. The fraction of sp³-hybridized carbons (Fsp3) is 0.125. The molecule has 2 nitrogen and oxygen atoms in total. The van der Waals surface area contributed by atoms with Crippen molar-refractivity contribution in [2.24, 2.45) is 0 Å². The zero-order valence-electron chi connectivity index (χ0n) is 5.89. The predicted molar refractivity (Wildman–Crippen MR) is 43.4 cm³/mol. The third kappa shape index (κ3) is 1.35. The molecule has 0 unspecified atom stereocenters. The van der Waals surface area contributed by atoms with E-state index in [0.717, 1.165) is 11.3 Å². The van der Waals surface area contributed by atoms with Gasteiger partial charge >= 0.3 is 0 Å². The summed E-state index contributed by atoms with van der Waals surface area (Å²) in [5.74, 6) is 0. The Labute approximate surface area is 60.2 Å². The number of nitrogen functional groups attached to an aromatic ring is 1. The van der Waals surface area contributed by atoms with Gasteiger partial charge in [0.15, 0.2) is 0 Å². The second kappa shape index (κ2) is 2.52. The van der Waals surface area contributed by atoms with E-state index < -0.39 is 0 Å². The number of benzene rings is 1. The van der Waals surface area contributed by atoms with Gasteiger partial charge in [-0.05, 0) is 24.6 Å². The van der Waals surface area contributed by atoms with Crippen molar-refractivity contribution in [1.29, 1.82) is 5.41 Å². The van der Waals surface area contributed by atoms with Crippen molar-refractivity contribution in [2.75, 3.05) is 5.73 Å². The first kappa shape index (κ1) is 6.81. The molecule has 52 valence electrons. The lowest BCUT2D eigenvalue weighted by Gasteiger charge is -1.96. The molecule has 0 atom stereocenters. The number of anilines is 1. The maximum Gasteiger partial charge on any atom is 0.0355 e. The molecule has 0 aliphatic carbocycles. The van der Waals surface area contributed by atoms with E-state index in [2.05, 4.69) is 0 Å². The molecule has 1 aromatic carbocycles. The molecule has 0 aliphatic rings. The minimum absolute atomic E-state index is 0.569. The summed E-state index contributed by atoms with van der Waals surface area (Å²) < 4.78 is 0. The van der Waals surface area contributed by atoms with Crippen LogP contribution in [0.2, 0.25) is 0 Å². The van der Waals surface area contributed by atoms with Gasteiger partial charge in [-0.2, -0.15) is 0 Å². The van der Waals surface area contributed by atoms with Crippen molar-refractivity contribution in [3.05, 3.63) is 29.8 Å². The molecule has 0 spiro atoms. The van der Waals surface area contributed by atoms with Gasteiger partial charge in [0.25, 0.3) is 0 Å². The summed E-state index contributed by atoms with van der Waals surface area (Å²) in [6.07, 6.45) is 0. The minimum Gasteiger partial charge on any atom is -0.399 e. The van der Waals surface area contributed by atoms with Crippen molar-refractivity contribution >= 4 is 11.4 Å². The number of nitrogens with one attached hydrogen (secondary N) is 1. The van der Waals surface area contributed by atoms with E-state index >= 15 is 0 Å². The van der Waals surface area contributed by atoms with Gasteiger partial charge < -0.3 is 11.1 Å². The van der Waals surface area contributed by atoms with E-state index in [0.29, 0.717) is 5.71 Å². The van der Waals surface area contributed by atoms with Crippen molar-refractivity contribution in [3.8, 4) is 0 Å². The average Bonchev–Trinajstić information content (AvgIpc) is 1.88. The maximum atomic E-state index is 7.27. The van der Waals surface area contributed by atoms with Gasteiger partial charge in [-0.15, -0.1) is 0 Å². The summed E-state index contributed by atoms with van der Waals surface area (Å²) >= 11 is 0. The molecule has 1 aromatic rings. The van der Waals surface area contributed by atoms with Crippen LogP contribution in [0.3, 0.4) is 0 Å². The van der Waals surface area contributed by atoms with Crippen molar-refractivity contribution in [1.82, 2.24) is 0 Å². The molecule has 0 saturated carbocycles. The zero-order valence-corrected chi connectivity index (χ0v) is 5.89. The number of rotatable bonds is 1. The van der Waals surface area contributed by atoms with Crippen LogP contribution < -0.4 is 5.73 Å². The van der Waals surface area contributed by atoms with E-state index in [9.17, 15) is 0 Å². The number of nitrogens with two attached hydrogens (primary N) is 1. The SMILES string of the molecule is CC(=N)c1ccc(N)cc1. The second-order valence-electron chi connectivity index (χ2n) is 2.25. The van der Waals surface area contributed by atoms with E-state index in [1.165, 1.54) is 0 Å². The Balaban J connectivity index is 3.00. The van der Waals surface area contributed by atoms with E-state index in [-0.39, 0.29) is 0 Å². The van der Waals surface area contributed by atoms with Crippen LogP contribution in [0, 0.1) is 5.41 Å². The Hall–Kier alpha value is -1.31. The highest BCUT2D eigenvalue weighted by atomic mass is 14.5. The van der Waals surface area contributed by atoms with Crippen LogP contribution in [0.1, 0.15) is 12.5 Å². The van der Waals surface area contributed by atoms with Gasteiger partial charge in [0.1, 0.15) is 0 Å². The summed E-state index contributed by atoms with van der Waals surface area (Å²) in [7, 11) is 0. The van der Waals surface area contributed by atoms with Crippen LogP contribution in [0.15, 0.2) is 24.3 Å². The normalized spacial score (nSPS) is 9.30. The minimum atomic E-state index is 0.569. The van der Waals surface area contributed by atoms with Gasteiger partial charge in [-0.25, -0.2) is 0 Å². The summed E-state index contributed by atoms with van der Waals surface area (Å²) in [4.78, 5) is 0. The number of hydrogen-bond donors (Lipinski definition) is 2. The van der Waals surface area contributed by atoms with Crippen molar-refractivity contribution in [2.45, 2.75) is 6.92 Å². The Morgan fingerprint density at radius 3 is 2.20 bits per heavy atom. The Kier molecular flexibility index (Phi) is 1.71. The van der Waals surface area contributed by atoms with Crippen LogP contribution >= 0.6 is 0 Å². The molecule has 0 heterocycles. The smallest absolute Gasteiger partial charge is 0.0355 e. The molecule has 0 amide bonds. The summed E-state index contributed by atoms with van der Waals surface area (Å²) in [6.45, 7) is 1.76. The number of hydrogen-bond acceptors (Lipinski definition) is 2. The highest BCUT2D eigenvalue weighted by Gasteiger charge is 1.91. The molecular weight excluding hydrogens is 124 g/mol. The Bertz CT molecular complexity index is 236. The third-order valence-corrected chi connectivity index (χ3v) is 1.34. The molecule has 0 saturated heterocycles. The lowest BCUT2D eigenvalue weighted by atomic mass is 10.1. The quantitative estimate of drug-likeness (QED) is 0.445. The first-order valence-electron chi connectivity index (χ1n) is 3.11. The van der Waals surface area contributed by atoms with Crippen LogP contribution in [0.25, 0.3) is 0 Å². The lowest BCUT2D eigenvalue weighted by molar-refractivity contribution is 1.46. The van der Waals surface area contributed by atoms with Crippen molar-refractivity contribution in [3.63, 3.8) is 0 Å². The van der Waals surface area contributed by atoms with E-state index in [4.69, 9.17) is 11.1 Å². The topological polar surface area (TPSA) is 49.9 Å². The molecule has 3 N–H and O–H groups in total. The Morgan fingerprint density at radius 1 is 1.30 bits per heavy atom. The van der Waals surface area contributed by atoms with E-state index in [1.807, 2.05) is 12.1 Å². The molecule has 0 fully saturated rings. The standard InChI is InChI=1S/C8H10N2/c1-6(9)7-2-4-8(10)5-3-7/h2-5,9H,10H2,1H3. The largest absolute Gasteiger partial charge is 0.399 e. The molecule has 0 aromatic heterocycles. The molecule has 0 aliphatic heterocycles. The van der Waals surface area contributed by atoms with Gasteiger partial charge in [0, 0.05) is 11.4 Å². The maximum absolute atomic E-state index is 7.27. The molecule has 1 rings (SSSR count). The fourth-order valence-electron chi connectivity index (χ4n) is 0.733. The lowest BCUT2D eigenvalue weighted by Crippen LogP contribution is -1.91. The summed E-state index contributed by atoms with van der Waals surface area (Å²) in [6, 6.07) is 7.29. The van der Waals surface area contributed by atoms with Gasteiger partial charge in [-0.3, -0.25) is 0 Å². The third-order valence-electron chi connectivity index (χ3n) is 1.34. The highest BCUT2D eigenvalue weighted by molar-refractivity contribution is 5.96. The molecule has 0 bridgehead atoms. The van der Waals surface area contributed by atoms with Gasteiger partial charge in [-0.1, -0.05) is 12.1 Å². The highest BCUT2D eigenvalue weighted by Crippen LogP contribution is 2.05. The zero-order chi connectivity index (χ0) is 7.56. The van der Waals surface area contributed by atoms with Crippen LogP contribution in [0.4, 0.5) is 5.69 Å².